The number of rotatable bonds is 19. The normalized spacial score (nSPS) is 11.0. The van der Waals surface area contributed by atoms with Crippen LogP contribution in [0.15, 0.2) is 36.4 Å². The lowest BCUT2D eigenvalue weighted by Gasteiger charge is -2.08. The van der Waals surface area contributed by atoms with Gasteiger partial charge in [0.15, 0.2) is 0 Å². The molecule has 194 valence electrons. The number of amides is 1. The van der Waals surface area contributed by atoms with Crippen LogP contribution in [0.2, 0.25) is 0 Å². The largest absolute Gasteiger partial charge is 0.427 e. The Kier molecular flexibility index (Phi) is 14.8. The van der Waals surface area contributed by atoms with Crippen LogP contribution in [0.25, 0.3) is 10.8 Å². The average molecular weight is 482 g/mol. The summed E-state index contributed by atoms with van der Waals surface area (Å²) in [5.74, 6) is 0.150. The van der Waals surface area contributed by atoms with Gasteiger partial charge in [0.1, 0.15) is 5.75 Å². The van der Waals surface area contributed by atoms with E-state index in [-0.39, 0.29) is 11.9 Å². The van der Waals surface area contributed by atoms with Gasteiger partial charge in [0.25, 0.3) is 5.91 Å². The second-order valence-corrected chi connectivity index (χ2v) is 9.88. The molecule has 0 fully saturated rings. The summed E-state index contributed by atoms with van der Waals surface area (Å²) in [5.41, 5.74) is 0.661. The molecular formula is C31H47NO3. The fraction of sp³-hybridized carbons (Fsp3) is 0.613. The van der Waals surface area contributed by atoms with E-state index in [1.807, 2.05) is 30.3 Å². The highest BCUT2D eigenvalue weighted by atomic mass is 16.5. The van der Waals surface area contributed by atoms with Crippen molar-refractivity contribution in [2.24, 2.45) is 0 Å². The van der Waals surface area contributed by atoms with E-state index < -0.39 is 0 Å². The molecular weight excluding hydrogens is 434 g/mol. The van der Waals surface area contributed by atoms with Gasteiger partial charge in [0.2, 0.25) is 0 Å². The molecule has 1 amide bonds. The second-order valence-electron chi connectivity index (χ2n) is 9.88. The van der Waals surface area contributed by atoms with Crippen molar-refractivity contribution in [2.75, 3.05) is 6.54 Å². The Balaban J connectivity index is 1.46. The Morgan fingerprint density at radius 1 is 0.657 bits per heavy atom. The minimum Gasteiger partial charge on any atom is -0.427 e. The summed E-state index contributed by atoms with van der Waals surface area (Å²) in [6.45, 7) is 4.39. The molecule has 1 N–H and O–H groups in total. The van der Waals surface area contributed by atoms with Gasteiger partial charge in [-0.25, -0.2) is 0 Å². The van der Waals surface area contributed by atoms with Gasteiger partial charge in [0, 0.05) is 19.0 Å². The van der Waals surface area contributed by atoms with Crippen molar-refractivity contribution in [1.29, 1.82) is 0 Å². The summed E-state index contributed by atoms with van der Waals surface area (Å²) in [4.78, 5) is 23.6. The van der Waals surface area contributed by atoms with Gasteiger partial charge < -0.3 is 10.1 Å². The molecule has 0 aliphatic heterocycles. The van der Waals surface area contributed by atoms with Crippen molar-refractivity contribution in [2.45, 2.75) is 117 Å². The van der Waals surface area contributed by atoms with Crippen molar-refractivity contribution >= 4 is 22.6 Å². The molecule has 0 aliphatic rings. The van der Waals surface area contributed by atoms with Crippen LogP contribution in [0.5, 0.6) is 5.75 Å². The zero-order valence-electron chi connectivity index (χ0n) is 22.2. The molecule has 0 radical (unpaired) electrons. The van der Waals surface area contributed by atoms with Gasteiger partial charge in [-0.2, -0.15) is 0 Å². The van der Waals surface area contributed by atoms with E-state index in [4.69, 9.17) is 4.74 Å². The van der Waals surface area contributed by atoms with Gasteiger partial charge >= 0.3 is 5.97 Å². The van der Waals surface area contributed by atoms with Gasteiger partial charge in [0.05, 0.1) is 0 Å². The molecule has 2 rings (SSSR count). The van der Waals surface area contributed by atoms with Crippen molar-refractivity contribution in [1.82, 2.24) is 5.32 Å². The van der Waals surface area contributed by atoms with E-state index in [9.17, 15) is 9.59 Å². The lowest BCUT2D eigenvalue weighted by atomic mass is 10.0. The fourth-order valence-corrected chi connectivity index (χ4v) is 4.57. The molecule has 2 aromatic carbocycles. The van der Waals surface area contributed by atoms with Crippen LogP contribution in [0.4, 0.5) is 0 Å². The predicted octanol–water partition coefficient (Wildman–Crippen LogP) is 8.76. The van der Waals surface area contributed by atoms with E-state index in [2.05, 4.69) is 12.2 Å². The first-order valence-corrected chi connectivity index (χ1v) is 14.1. The molecule has 0 unspecified atom stereocenters. The van der Waals surface area contributed by atoms with Gasteiger partial charge in [-0.15, -0.1) is 0 Å². The summed E-state index contributed by atoms with van der Waals surface area (Å²) in [6, 6.07) is 11.0. The molecule has 4 nitrogen and oxygen atoms in total. The maximum absolute atomic E-state index is 12.5. The number of hydrogen-bond donors (Lipinski definition) is 1. The minimum atomic E-state index is -0.338. The molecule has 0 heterocycles. The molecule has 0 aliphatic carbocycles. The van der Waals surface area contributed by atoms with Crippen LogP contribution in [-0.2, 0) is 4.79 Å². The highest BCUT2D eigenvalue weighted by molar-refractivity contribution is 5.98. The number of fused-ring (bicyclic) bond motifs is 1. The van der Waals surface area contributed by atoms with E-state index in [0.29, 0.717) is 11.3 Å². The monoisotopic (exact) mass is 481 g/mol. The summed E-state index contributed by atoms with van der Waals surface area (Å²) in [5, 5.41) is 4.94. The number of carbonyl (C=O) groups excluding carboxylic acids is 2. The quantitative estimate of drug-likeness (QED) is 0.124. The van der Waals surface area contributed by atoms with E-state index in [1.54, 1.807) is 6.07 Å². The van der Waals surface area contributed by atoms with Crippen molar-refractivity contribution in [3.8, 4) is 5.75 Å². The molecule has 0 aromatic heterocycles. The maximum atomic E-state index is 12.5. The van der Waals surface area contributed by atoms with Crippen LogP contribution in [0, 0.1) is 0 Å². The third-order valence-corrected chi connectivity index (χ3v) is 6.65. The molecule has 0 bridgehead atoms. The molecule has 35 heavy (non-hydrogen) atoms. The van der Waals surface area contributed by atoms with Crippen LogP contribution < -0.4 is 10.1 Å². The Morgan fingerprint density at radius 3 is 1.69 bits per heavy atom. The third kappa shape index (κ3) is 12.8. The van der Waals surface area contributed by atoms with Crippen molar-refractivity contribution < 1.29 is 14.3 Å². The van der Waals surface area contributed by atoms with Crippen LogP contribution in [0.3, 0.4) is 0 Å². The number of esters is 1. The molecule has 4 heteroatoms. The first-order chi connectivity index (χ1) is 17.1. The third-order valence-electron chi connectivity index (χ3n) is 6.65. The number of hydrogen-bond acceptors (Lipinski definition) is 3. The van der Waals surface area contributed by atoms with Gasteiger partial charge in [-0.1, -0.05) is 115 Å². The van der Waals surface area contributed by atoms with Crippen LogP contribution in [-0.4, -0.2) is 18.4 Å². The number of benzene rings is 2. The number of unbranched alkanes of at least 4 members (excludes halogenated alkanes) is 15. The Labute approximate surface area is 213 Å². The fourth-order valence-electron chi connectivity index (χ4n) is 4.57. The molecule has 0 saturated carbocycles. The minimum absolute atomic E-state index is 0.0306. The summed E-state index contributed by atoms with van der Waals surface area (Å²) >= 11 is 0. The first-order valence-electron chi connectivity index (χ1n) is 14.1. The zero-order valence-corrected chi connectivity index (χ0v) is 22.2. The van der Waals surface area contributed by atoms with Crippen LogP contribution >= 0.6 is 0 Å². The van der Waals surface area contributed by atoms with Crippen LogP contribution in [0.1, 0.15) is 127 Å². The average Bonchev–Trinajstić information content (AvgIpc) is 2.85. The molecule has 0 spiro atoms. The van der Waals surface area contributed by atoms with Gasteiger partial charge in [-0.3, -0.25) is 9.59 Å². The smallest absolute Gasteiger partial charge is 0.308 e. The van der Waals surface area contributed by atoms with E-state index in [1.165, 1.54) is 103 Å². The topological polar surface area (TPSA) is 55.4 Å². The summed E-state index contributed by atoms with van der Waals surface area (Å²) in [6.07, 6.45) is 21.6. The standard InChI is InChI=1S/C31H47NO3/c1-3-4-5-6-7-8-9-10-11-12-13-14-15-16-17-18-23-32-31(34)29-20-19-28-25-30(35-26(2)33)22-21-27(28)24-29/h19-22,24-25H,3-18,23H2,1-2H3,(H,32,34). The number of ether oxygens (including phenoxy) is 1. The SMILES string of the molecule is CCCCCCCCCCCCCCCCCCNC(=O)c1ccc2cc(OC(C)=O)ccc2c1. The maximum Gasteiger partial charge on any atom is 0.308 e. The second kappa shape index (κ2) is 18.0. The Morgan fingerprint density at radius 2 is 1.14 bits per heavy atom. The summed E-state index contributed by atoms with van der Waals surface area (Å²) in [7, 11) is 0. The highest BCUT2D eigenvalue weighted by Crippen LogP contribution is 2.22. The summed E-state index contributed by atoms with van der Waals surface area (Å²) < 4.78 is 5.12. The first kappa shape index (κ1) is 28.9. The molecule has 2 aromatic rings. The molecule has 0 atom stereocenters. The zero-order chi connectivity index (χ0) is 25.1. The Hall–Kier alpha value is -2.36. The lowest BCUT2D eigenvalue weighted by molar-refractivity contribution is -0.131. The van der Waals surface area contributed by atoms with Crippen molar-refractivity contribution in [3.05, 3.63) is 42.0 Å². The lowest BCUT2D eigenvalue weighted by Crippen LogP contribution is -2.24. The predicted molar refractivity (Wildman–Crippen MR) is 147 cm³/mol. The van der Waals surface area contributed by atoms with E-state index in [0.717, 1.165) is 23.7 Å². The van der Waals surface area contributed by atoms with Crippen molar-refractivity contribution in [3.63, 3.8) is 0 Å². The highest BCUT2D eigenvalue weighted by Gasteiger charge is 2.07. The van der Waals surface area contributed by atoms with E-state index >= 15 is 0 Å². The Bertz CT molecular complexity index is 877. The number of nitrogens with one attached hydrogen (secondary N) is 1. The van der Waals surface area contributed by atoms with Gasteiger partial charge in [-0.05, 0) is 41.5 Å². The molecule has 0 saturated heterocycles. The number of carbonyl (C=O) groups is 2.